The Kier molecular flexibility index (Phi) is 3.69. The largest absolute Gasteiger partial charge is 0.365 e. The fourth-order valence-corrected chi connectivity index (χ4v) is 2.99. The lowest BCUT2D eigenvalue weighted by Crippen LogP contribution is -2.41. The quantitative estimate of drug-likeness (QED) is 0.861. The van der Waals surface area contributed by atoms with E-state index in [-0.39, 0.29) is 5.41 Å². The smallest absolute Gasteiger partial charge is 0.252 e. The molecule has 1 fully saturated rings. The summed E-state index contributed by atoms with van der Waals surface area (Å²) in [7, 11) is 0. The second-order valence-corrected chi connectivity index (χ2v) is 6.09. The molecule has 0 aliphatic carbocycles. The van der Waals surface area contributed by atoms with Crippen LogP contribution in [-0.4, -0.2) is 44.2 Å². The molecule has 3 N–H and O–H groups in total. The van der Waals surface area contributed by atoms with Gasteiger partial charge in [0.15, 0.2) is 5.82 Å². The first-order valence-electron chi connectivity index (χ1n) is 7.33. The molecule has 0 radical (unpaired) electrons. The average Bonchev–Trinajstić information content (AvgIpc) is 3.11. The molecule has 0 saturated carbocycles. The van der Waals surface area contributed by atoms with Crippen LogP contribution in [0.1, 0.15) is 47.5 Å². The second kappa shape index (κ2) is 5.53. The van der Waals surface area contributed by atoms with E-state index in [4.69, 9.17) is 10.3 Å². The SMILES string of the molecule is Cc1nc(CN2CCC(C)(c3[nH]ncc3C(N)=O)CC2)no1. The zero-order valence-electron chi connectivity index (χ0n) is 12.8. The first kappa shape index (κ1) is 14.7. The lowest BCUT2D eigenvalue weighted by Gasteiger charge is -2.38. The summed E-state index contributed by atoms with van der Waals surface area (Å²) < 4.78 is 5.00. The molecule has 3 heterocycles. The van der Waals surface area contributed by atoms with Gasteiger partial charge >= 0.3 is 0 Å². The number of likely N-dealkylation sites (tertiary alicyclic amines) is 1. The lowest BCUT2D eigenvalue weighted by atomic mass is 9.76. The maximum atomic E-state index is 11.5. The van der Waals surface area contributed by atoms with Crippen LogP contribution in [0.25, 0.3) is 0 Å². The van der Waals surface area contributed by atoms with Gasteiger partial charge in [-0.2, -0.15) is 10.1 Å². The Balaban J connectivity index is 1.67. The number of rotatable bonds is 4. The number of piperidine rings is 1. The normalized spacial score (nSPS) is 18.5. The second-order valence-electron chi connectivity index (χ2n) is 6.09. The maximum absolute atomic E-state index is 11.5. The van der Waals surface area contributed by atoms with E-state index in [0.717, 1.165) is 31.6 Å². The molecule has 1 amide bonds. The molecular formula is C14H20N6O2. The van der Waals surface area contributed by atoms with Crippen molar-refractivity contribution >= 4 is 5.91 Å². The first-order chi connectivity index (χ1) is 10.5. The Morgan fingerprint density at radius 3 is 2.82 bits per heavy atom. The van der Waals surface area contributed by atoms with Gasteiger partial charge in [0, 0.05) is 12.3 Å². The fraction of sp³-hybridized carbons (Fsp3) is 0.571. The monoisotopic (exact) mass is 304 g/mol. The number of hydrogen-bond acceptors (Lipinski definition) is 6. The Bertz CT molecular complexity index is 668. The van der Waals surface area contributed by atoms with E-state index in [1.165, 1.54) is 6.20 Å². The molecule has 1 aliphatic heterocycles. The summed E-state index contributed by atoms with van der Waals surface area (Å²) in [5.74, 6) is 0.857. The molecule has 0 unspecified atom stereocenters. The maximum Gasteiger partial charge on any atom is 0.252 e. The summed E-state index contributed by atoms with van der Waals surface area (Å²) in [6, 6.07) is 0. The average molecular weight is 304 g/mol. The van der Waals surface area contributed by atoms with Gasteiger partial charge in [0.25, 0.3) is 5.91 Å². The minimum absolute atomic E-state index is 0.121. The van der Waals surface area contributed by atoms with E-state index < -0.39 is 5.91 Å². The van der Waals surface area contributed by atoms with Gasteiger partial charge in [0.2, 0.25) is 5.89 Å². The highest BCUT2D eigenvalue weighted by Gasteiger charge is 2.36. The van der Waals surface area contributed by atoms with Gasteiger partial charge in [-0.3, -0.25) is 14.8 Å². The standard InChI is InChI=1S/C14H20N6O2/c1-9-17-11(19-22-9)8-20-5-3-14(2,4-6-20)12-10(13(15)21)7-16-18-12/h7H,3-6,8H2,1-2H3,(H2,15,21)(H,16,18). The summed E-state index contributed by atoms with van der Waals surface area (Å²) in [6.07, 6.45) is 3.33. The molecule has 8 heteroatoms. The Morgan fingerprint density at radius 1 is 1.50 bits per heavy atom. The molecular weight excluding hydrogens is 284 g/mol. The van der Waals surface area contributed by atoms with Crippen LogP contribution in [0, 0.1) is 6.92 Å². The number of amides is 1. The van der Waals surface area contributed by atoms with Gasteiger partial charge < -0.3 is 10.3 Å². The number of carbonyl (C=O) groups is 1. The van der Waals surface area contributed by atoms with Gasteiger partial charge in [-0.05, 0) is 25.9 Å². The Labute approximate surface area is 128 Å². The minimum Gasteiger partial charge on any atom is -0.365 e. The van der Waals surface area contributed by atoms with Crippen molar-refractivity contribution in [2.24, 2.45) is 5.73 Å². The molecule has 118 valence electrons. The Hall–Kier alpha value is -2.22. The third-order valence-electron chi connectivity index (χ3n) is 4.40. The summed E-state index contributed by atoms with van der Waals surface area (Å²) in [6.45, 7) is 6.39. The molecule has 1 saturated heterocycles. The van der Waals surface area contributed by atoms with E-state index in [1.54, 1.807) is 6.92 Å². The molecule has 8 nitrogen and oxygen atoms in total. The summed E-state index contributed by atoms with van der Waals surface area (Å²) in [5.41, 5.74) is 6.63. The number of carbonyl (C=O) groups excluding carboxylic acids is 1. The third-order valence-corrected chi connectivity index (χ3v) is 4.40. The molecule has 0 aromatic carbocycles. The predicted octanol–water partition coefficient (Wildman–Crippen LogP) is 0.754. The van der Waals surface area contributed by atoms with Gasteiger partial charge in [-0.15, -0.1) is 0 Å². The van der Waals surface area contributed by atoms with Gasteiger partial charge in [0.05, 0.1) is 24.0 Å². The van der Waals surface area contributed by atoms with Crippen LogP contribution in [0.5, 0.6) is 0 Å². The van der Waals surface area contributed by atoms with Gasteiger partial charge in [-0.1, -0.05) is 12.1 Å². The van der Waals surface area contributed by atoms with Gasteiger partial charge in [-0.25, -0.2) is 0 Å². The zero-order valence-corrected chi connectivity index (χ0v) is 12.8. The van der Waals surface area contributed by atoms with Crippen LogP contribution in [0.4, 0.5) is 0 Å². The minimum atomic E-state index is -0.435. The molecule has 3 rings (SSSR count). The number of primary amides is 1. The van der Waals surface area contributed by atoms with E-state index in [1.807, 2.05) is 0 Å². The summed E-state index contributed by atoms with van der Waals surface area (Å²) >= 11 is 0. The van der Waals surface area contributed by atoms with Crippen molar-refractivity contribution in [1.82, 2.24) is 25.2 Å². The van der Waals surface area contributed by atoms with Crippen LogP contribution < -0.4 is 5.73 Å². The molecule has 0 spiro atoms. The van der Waals surface area contributed by atoms with E-state index in [0.29, 0.717) is 23.8 Å². The highest BCUT2D eigenvalue weighted by molar-refractivity contribution is 5.94. The number of aryl methyl sites for hydroxylation is 1. The van der Waals surface area contributed by atoms with Crippen molar-refractivity contribution in [2.45, 2.75) is 38.6 Å². The van der Waals surface area contributed by atoms with E-state index in [2.05, 4.69) is 32.2 Å². The number of nitrogens with one attached hydrogen (secondary N) is 1. The van der Waals surface area contributed by atoms with Crippen molar-refractivity contribution in [3.63, 3.8) is 0 Å². The number of nitrogens with two attached hydrogens (primary N) is 1. The number of hydrogen-bond donors (Lipinski definition) is 2. The summed E-state index contributed by atoms with van der Waals surface area (Å²) in [5, 5.41) is 10.9. The third kappa shape index (κ3) is 2.74. The van der Waals surface area contributed by atoms with Crippen LogP contribution >= 0.6 is 0 Å². The van der Waals surface area contributed by atoms with Crippen molar-refractivity contribution < 1.29 is 9.32 Å². The molecule has 0 bridgehead atoms. The highest BCUT2D eigenvalue weighted by Crippen LogP contribution is 2.35. The number of H-pyrrole nitrogens is 1. The predicted molar refractivity (Wildman–Crippen MR) is 78.0 cm³/mol. The van der Waals surface area contributed by atoms with Crippen LogP contribution in [-0.2, 0) is 12.0 Å². The molecule has 2 aromatic heterocycles. The van der Waals surface area contributed by atoms with Crippen LogP contribution in [0.2, 0.25) is 0 Å². The summed E-state index contributed by atoms with van der Waals surface area (Å²) in [4.78, 5) is 18.0. The lowest BCUT2D eigenvalue weighted by molar-refractivity contribution is 0.0994. The molecule has 1 aliphatic rings. The van der Waals surface area contributed by atoms with Gasteiger partial charge in [0.1, 0.15) is 0 Å². The molecule has 22 heavy (non-hydrogen) atoms. The number of aromatic amines is 1. The number of aromatic nitrogens is 4. The molecule has 2 aromatic rings. The van der Waals surface area contributed by atoms with Crippen molar-refractivity contribution in [3.05, 3.63) is 29.2 Å². The van der Waals surface area contributed by atoms with Crippen molar-refractivity contribution in [1.29, 1.82) is 0 Å². The van der Waals surface area contributed by atoms with E-state index in [9.17, 15) is 4.79 Å². The van der Waals surface area contributed by atoms with Crippen LogP contribution in [0.15, 0.2) is 10.7 Å². The number of nitrogens with zero attached hydrogens (tertiary/aromatic N) is 4. The molecule has 0 atom stereocenters. The van der Waals surface area contributed by atoms with E-state index >= 15 is 0 Å². The Morgan fingerprint density at radius 2 is 2.23 bits per heavy atom. The fourth-order valence-electron chi connectivity index (χ4n) is 2.99. The highest BCUT2D eigenvalue weighted by atomic mass is 16.5. The topological polar surface area (TPSA) is 114 Å². The zero-order chi connectivity index (χ0) is 15.7. The van der Waals surface area contributed by atoms with Crippen molar-refractivity contribution in [2.75, 3.05) is 13.1 Å². The van der Waals surface area contributed by atoms with Crippen molar-refractivity contribution in [3.8, 4) is 0 Å². The first-order valence-corrected chi connectivity index (χ1v) is 7.33. The van der Waals surface area contributed by atoms with Crippen LogP contribution in [0.3, 0.4) is 0 Å².